The summed E-state index contributed by atoms with van der Waals surface area (Å²) < 4.78 is 41.1. The second-order valence-electron chi connectivity index (χ2n) is 6.52. The maximum Gasteiger partial charge on any atom is 0.131 e. The molecule has 2 aromatic carbocycles. The van der Waals surface area contributed by atoms with Crippen LogP contribution < -0.4 is 0 Å². The van der Waals surface area contributed by atoms with E-state index in [1.54, 1.807) is 6.07 Å². The highest BCUT2D eigenvalue weighted by atomic mass is 19.1. The number of hydrogen-bond donors (Lipinski definition) is 0. The predicted octanol–water partition coefficient (Wildman–Crippen LogP) is 6.45. The Morgan fingerprint density at radius 2 is 1.52 bits per heavy atom. The first-order valence-electron chi connectivity index (χ1n) is 8.32. The van der Waals surface area contributed by atoms with E-state index in [1.807, 2.05) is 6.07 Å². The van der Waals surface area contributed by atoms with Crippen molar-refractivity contribution >= 4 is 0 Å². The SMILES string of the molecule is CCC1CCC(c2ccc(-c3cc(F)cc(F)c3)c(F)c2)CC1. The van der Waals surface area contributed by atoms with Gasteiger partial charge >= 0.3 is 0 Å². The number of hydrogen-bond acceptors (Lipinski definition) is 0. The Morgan fingerprint density at radius 1 is 0.870 bits per heavy atom. The van der Waals surface area contributed by atoms with E-state index in [0.717, 1.165) is 42.5 Å². The van der Waals surface area contributed by atoms with E-state index in [2.05, 4.69) is 6.92 Å². The van der Waals surface area contributed by atoms with E-state index < -0.39 is 17.5 Å². The van der Waals surface area contributed by atoms with Gasteiger partial charge in [-0.1, -0.05) is 25.5 Å². The molecule has 0 N–H and O–H groups in total. The van der Waals surface area contributed by atoms with Crippen LogP contribution in [0.15, 0.2) is 36.4 Å². The normalized spacial score (nSPS) is 21.4. The Morgan fingerprint density at radius 3 is 2.09 bits per heavy atom. The molecule has 0 nitrogen and oxygen atoms in total. The van der Waals surface area contributed by atoms with Crippen LogP contribution >= 0.6 is 0 Å². The van der Waals surface area contributed by atoms with Crippen molar-refractivity contribution in [1.29, 1.82) is 0 Å². The average Bonchev–Trinajstić information content (AvgIpc) is 2.54. The molecule has 1 aliphatic rings. The van der Waals surface area contributed by atoms with Crippen LogP contribution in [0.5, 0.6) is 0 Å². The number of rotatable bonds is 3. The molecule has 0 amide bonds. The third kappa shape index (κ3) is 3.60. The monoisotopic (exact) mass is 318 g/mol. The van der Waals surface area contributed by atoms with Gasteiger partial charge in [0, 0.05) is 11.6 Å². The minimum absolute atomic E-state index is 0.237. The average molecular weight is 318 g/mol. The van der Waals surface area contributed by atoms with Gasteiger partial charge in [-0.25, -0.2) is 13.2 Å². The summed E-state index contributed by atoms with van der Waals surface area (Å²) in [6.07, 6.45) is 5.78. The topological polar surface area (TPSA) is 0 Å². The lowest BCUT2D eigenvalue weighted by Crippen LogP contribution is -2.12. The lowest BCUT2D eigenvalue weighted by atomic mass is 9.77. The van der Waals surface area contributed by atoms with Gasteiger partial charge in [0.1, 0.15) is 17.5 Å². The maximum atomic E-state index is 14.5. The third-order valence-electron chi connectivity index (χ3n) is 5.06. The fraction of sp³-hybridized carbons (Fsp3) is 0.400. The lowest BCUT2D eigenvalue weighted by Gasteiger charge is -2.28. The van der Waals surface area contributed by atoms with Crippen molar-refractivity contribution in [2.75, 3.05) is 0 Å². The minimum atomic E-state index is -0.693. The highest BCUT2D eigenvalue weighted by molar-refractivity contribution is 5.64. The Kier molecular flexibility index (Phi) is 4.74. The first-order valence-corrected chi connectivity index (χ1v) is 8.32. The van der Waals surface area contributed by atoms with Crippen molar-refractivity contribution in [2.45, 2.75) is 44.9 Å². The molecule has 1 aliphatic carbocycles. The molecule has 0 heterocycles. The molecule has 0 unspecified atom stereocenters. The second-order valence-corrected chi connectivity index (χ2v) is 6.52. The lowest BCUT2D eigenvalue weighted by molar-refractivity contribution is 0.318. The molecule has 0 aliphatic heterocycles. The Hall–Kier alpha value is -1.77. The Labute approximate surface area is 135 Å². The van der Waals surface area contributed by atoms with Crippen molar-refractivity contribution in [3.8, 4) is 11.1 Å². The molecular formula is C20H21F3. The third-order valence-corrected chi connectivity index (χ3v) is 5.06. The van der Waals surface area contributed by atoms with Gasteiger partial charge in [-0.3, -0.25) is 0 Å². The fourth-order valence-electron chi connectivity index (χ4n) is 3.63. The second kappa shape index (κ2) is 6.77. The van der Waals surface area contributed by atoms with Crippen LogP contribution in [0.4, 0.5) is 13.2 Å². The molecule has 3 heteroatoms. The number of benzene rings is 2. The summed E-state index contributed by atoms with van der Waals surface area (Å²) in [5, 5.41) is 0. The summed E-state index contributed by atoms with van der Waals surface area (Å²) in [5.74, 6) is -0.607. The standard InChI is InChI=1S/C20H21F3/c1-2-13-3-5-14(6-4-13)15-7-8-19(20(23)11-15)16-9-17(21)12-18(22)10-16/h7-14H,2-6H2,1H3. The zero-order valence-electron chi connectivity index (χ0n) is 13.3. The molecule has 122 valence electrons. The summed E-state index contributed by atoms with van der Waals surface area (Å²) in [6, 6.07) is 8.20. The zero-order chi connectivity index (χ0) is 16.4. The molecule has 0 saturated heterocycles. The molecule has 1 fully saturated rings. The molecular weight excluding hydrogens is 297 g/mol. The quantitative estimate of drug-likeness (QED) is 0.609. The number of halogens is 3. The molecule has 1 saturated carbocycles. The van der Waals surface area contributed by atoms with E-state index in [9.17, 15) is 13.2 Å². The van der Waals surface area contributed by atoms with Crippen LogP contribution in [0.2, 0.25) is 0 Å². The van der Waals surface area contributed by atoms with Gasteiger partial charge in [0.25, 0.3) is 0 Å². The van der Waals surface area contributed by atoms with Gasteiger partial charge in [0.2, 0.25) is 0 Å². The molecule has 2 aromatic rings. The van der Waals surface area contributed by atoms with E-state index in [-0.39, 0.29) is 11.1 Å². The van der Waals surface area contributed by atoms with Crippen LogP contribution in [0.25, 0.3) is 11.1 Å². The van der Waals surface area contributed by atoms with Gasteiger partial charge in [-0.2, -0.15) is 0 Å². The molecule has 0 spiro atoms. The van der Waals surface area contributed by atoms with Gasteiger partial charge in [0.15, 0.2) is 0 Å². The molecule has 0 bridgehead atoms. The highest BCUT2D eigenvalue weighted by Crippen LogP contribution is 2.38. The summed E-state index contributed by atoms with van der Waals surface area (Å²) >= 11 is 0. The minimum Gasteiger partial charge on any atom is -0.207 e. The maximum absolute atomic E-state index is 14.5. The van der Waals surface area contributed by atoms with Crippen molar-refractivity contribution in [3.05, 3.63) is 59.4 Å². The van der Waals surface area contributed by atoms with Gasteiger partial charge in [0.05, 0.1) is 0 Å². The summed E-state index contributed by atoms with van der Waals surface area (Å²) in [6.45, 7) is 2.22. The zero-order valence-corrected chi connectivity index (χ0v) is 13.3. The van der Waals surface area contributed by atoms with E-state index in [0.29, 0.717) is 5.92 Å². The fourth-order valence-corrected chi connectivity index (χ4v) is 3.63. The van der Waals surface area contributed by atoms with Crippen LogP contribution in [0.3, 0.4) is 0 Å². The summed E-state index contributed by atoms with van der Waals surface area (Å²) in [5.41, 5.74) is 1.48. The highest BCUT2D eigenvalue weighted by Gasteiger charge is 2.22. The van der Waals surface area contributed by atoms with E-state index in [4.69, 9.17) is 0 Å². The largest absolute Gasteiger partial charge is 0.207 e. The van der Waals surface area contributed by atoms with E-state index in [1.165, 1.54) is 25.3 Å². The molecule has 3 rings (SSSR count). The van der Waals surface area contributed by atoms with Crippen LogP contribution in [-0.2, 0) is 0 Å². The van der Waals surface area contributed by atoms with Crippen LogP contribution in [-0.4, -0.2) is 0 Å². The summed E-state index contributed by atoms with van der Waals surface area (Å²) in [7, 11) is 0. The van der Waals surface area contributed by atoms with Gasteiger partial charge in [-0.15, -0.1) is 0 Å². The van der Waals surface area contributed by atoms with E-state index >= 15 is 0 Å². The smallest absolute Gasteiger partial charge is 0.131 e. The van der Waals surface area contributed by atoms with Crippen molar-refractivity contribution < 1.29 is 13.2 Å². The first-order chi connectivity index (χ1) is 11.1. The van der Waals surface area contributed by atoms with Crippen molar-refractivity contribution in [3.63, 3.8) is 0 Å². The first kappa shape index (κ1) is 16.1. The predicted molar refractivity (Wildman–Crippen MR) is 86.7 cm³/mol. The van der Waals surface area contributed by atoms with Crippen molar-refractivity contribution in [2.24, 2.45) is 5.92 Å². The van der Waals surface area contributed by atoms with Gasteiger partial charge < -0.3 is 0 Å². The molecule has 0 atom stereocenters. The molecule has 0 aromatic heterocycles. The Bertz CT molecular complexity index is 665. The van der Waals surface area contributed by atoms with Crippen LogP contribution in [0, 0.1) is 23.4 Å². The molecule has 23 heavy (non-hydrogen) atoms. The van der Waals surface area contributed by atoms with Crippen LogP contribution in [0.1, 0.15) is 50.5 Å². The Balaban J connectivity index is 1.83. The van der Waals surface area contributed by atoms with Crippen molar-refractivity contribution in [1.82, 2.24) is 0 Å². The van der Waals surface area contributed by atoms with Gasteiger partial charge in [-0.05, 0) is 66.8 Å². The summed E-state index contributed by atoms with van der Waals surface area (Å²) in [4.78, 5) is 0. The molecule has 0 radical (unpaired) electrons.